The van der Waals surface area contributed by atoms with E-state index >= 15 is 0 Å². The number of hydrogen-bond donors (Lipinski definition) is 2. The summed E-state index contributed by atoms with van der Waals surface area (Å²) in [5.74, 6) is -0.687. The zero-order valence-electron chi connectivity index (χ0n) is 20.1. The summed E-state index contributed by atoms with van der Waals surface area (Å²) in [6, 6.07) is 12.8. The summed E-state index contributed by atoms with van der Waals surface area (Å²) in [4.78, 5) is 25.2. The van der Waals surface area contributed by atoms with E-state index in [1.54, 1.807) is 24.3 Å². The number of amides is 1. The largest absolute Gasteiger partial charge is 0.484 e. The third-order valence-electron chi connectivity index (χ3n) is 6.13. The Bertz CT molecular complexity index is 1350. The van der Waals surface area contributed by atoms with Crippen molar-refractivity contribution in [1.29, 1.82) is 5.26 Å². The molecule has 192 valence electrons. The number of nitriles is 1. The minimum Gasteiger partial charge on any atom is -0.484 e. The highest BCUT2D eigenvalue weighted by Crippen LogP contribution is 2.48. The molecule has 0 fully saturated rings. The number of ether oxygens (including phenoxy) is 2. The number of halogens is 3. The van der Waals surface area contributed by atoms with Crippen LogP contribution < -0.4 is 15.8 Å². The molecule has 2 aromatic carbocycles. The van der Waals surface area contributed by atoms with Crippen LogP contribution in [0.2, 0.25) is 0 Å². The van der Waals surface area contributed by atoms with Crippen molar-refractivity contribution in [3.8, 4) is 11.8 Å². The molecule has 0 saturated heterocycles. The molecule has 3 N–H and O–H groups in total. The number of allylic oxidation sites excluding steroid dienone is 3. The van der Waals surface area contributed by atoms with Gasteiger partial charge in [-0.2, -0.15) is 18.4 Å². The predicted molar refractivity (Wildman–Crippen MR) is 128 cm³/mol. The minimum atomic E-state index is -4.52. The summed E-state index contributed by atoms with van der Waals surface area (Å²) in [6.45, 7) is 3.48. The Morgan fingerprint density at radius 1 is 1.22 bits per heavy atom. The fraction of sp³-hybridized carbons (Fsp3) is 0.296. The molecule has 1 aliphatic heterocycles. The number of ketones is 1. The van der Waals surface area contributed by atoms with Crippen LogP contribution in [0.15, 0.2) is 71.3 Å². The van der Waals surface area contributed by atoms with Crippen molar-refractivity contribution in [3.05, 3.63) is 82.4 Å². The molecule has 0 radical (unpaired) electrons. The smallest absolute Gasteiger partial charge is 0.416 e. The normalized spacial score (nSPS) is 19.0. The number of anilines is 1. The molecule has 0 bridgehead atoms. The van der Waals surface area contributed by atoms with Crippen molar-refractivity contribution in [2.45, 2.75) is 38.8 Å². The average molecular weight is 512 g/mol. The maximum absolute atomic E-state index is 13.0. The summed E-state index contributed by atoms with van der Waals surface area (Å²) in [5, 5.41) is 12.1. The first-order valence-electron chi connectivity index (χ1n) is 11.4. The van der Waals surface area contributed by atoms with E-state index in [-0.39, 0.29) is 28.3 Å². The number of hydrogen-bond acceptors (Lipinski definition) is 6. The molecular formula is C27H24F3N3O4. The molecule has 1 aliphatic carbocycles. The van der Waals surface area contributed by atoms with Gasteiger partial charge in [0.15, 0.2) is 12.4 Å². The van der Waals surface area contributed by atoms with Crippen LogP contribution in [0.5, 0.6) is 5.75 Å². The van der Waals surface area contributed by atoms with Gasteiger partial charge in [-0.1, -0.05) is 32.0 Å². The van der Waals surface area contributed by atoms with Crippen molar-refractivity contribution < 1.29 is 32.2 Å². The van der Waals surface area contributed by atoms with Gasteiger partial charge in [0.05, 0.1) is 11.5 Å². The van der Waals surface area contributed by atoms with Crippen LogP contribution in [0.4, 0.5) is 18.9 Å². The Morgan fingerprint density at radius 2 is 1.92 bits per heavy atom. The molecule has 7 nitrogen and oxygen atoms in total. The number of nitrogens with zero attached hydrogens (tertiary/aromatic N) is 1. The molecule has 4 rings (SSSR count). The van der Waals surface area contributed by atoms with Crippen molar-refractivity contribution >= 4 is 17.4 Å². The van der Waals surface area contributed by atoms with E-state index in [4.69, 9.17) is 15.2 Å². The lowest BCUT2D eigenvalue weighted by Gasteiger charge is -2.37. The van der Waals surface area contributed by atoms with Crippen LogP contribution >= 0.6 is 0 Å². The van der Waals surface area contributed by atoms with Gasteiger partial charge in [-0.3, -0.25) is 9.59 Å². The summed E-state index contributed by atoms with van der Waals surface area (Å²) >= 11 is 0. The van der Waals surface area contributed by atoms with Gasteiger partial charge in [0.25, 0.3) is 5.91 Å². The van der Waals surface area contributed by atoms with Gasteiger partial charge in [0.2, 0.25) is 5.88 Å². The summed E-state index contributed by atoms with van der Waals surface area (Å²) in [5.41, 5.74) is 6.03. The van der Waals surface area contributed by atoms with Crippen LogP contribution in [0.1, 0.15) is 43.7 Å². The molecule has 0 unspecified atom stereocenters. The molecule has 2 aliphatic rings. The van der Waals surface area contributed by atoms with E-state index in [1.165, 1.54) is 12.1 Å². The lowest BCUT2D eigenvalue weighted by atomic mass is 9.70. The molecule has 2 aromatic rings. The standard InChI is InChI=1S/C27H24F3N3O4/c1-26(2)11-20(34)24-21(12-26)37-25(32)19(13-31)23(24)15-6-8-18(9-7-15)36-14-22(35)33-17-5-3-4-16(10-17)27(28,29)30/h3-10,23H,11-12,14,32H2,1-2H3,(H,33,35)/t23-/m0/s1. The number of carbonyl (C=O) groups is 2. The molecule has 1 atom stereocenters. The number of rotatable bonds is 5. The predicted octanol–water partition coefficient (Wildman–Crippen LogP) is 5.17. The van der Waals surface area contributed by atoms with Gasteiger partial charge in [0.1, 0.15) is 23.2 Å². The lowest BCUT2D eigenvalue weighted by molar-refractivity contribution is -0.137. The molecule has 0 spiro atoms. The maximum atomic E-state index is 13.0. The fourth-order valence-corrected chi connectivity index (χ4v) is 4.49. The lowest BCUT2D eigenvalue weighted by Crippen LogP contribution is -2.33. The average Bonchev–Trinajstić information content (AvgIpc) is 2.81. The quantitative estimate of drug-likeness (QED) is 0.572. The van der Waals surface area contributed by atoms with Gasteiger partial charge in [-0.15, -0.1) is 0 Å². The van der Waals surface area contributed by atoms with Crippen molar-refractivity contribution in [2.75, 3.05) is 11.9 Å². The number of benzene rings is 2. The third-order valence-corrected chi connectivity index (χ3v) is 6.13. The highest BCUT2D eigenvalue weighted by molar-refractivity contribution is 6.00. The zero-order chi connectivity index (χ0) is 27.0. The molecule has 0 aromatic heterocycles. The van der Waals surface area contributed by atoms with E-state index in [9.17, 15) is 28.0 Å². The second kappa shape index (κ2) is 9.65. The minimum absolute atomic E-state index is 0.00361. The Morgan fingerprint density at radius 3 is 2.57 bits per heavy atom. The van der Waals surface area contributed by atoms with Crippen LogP contribution in [0.3, 0.4) is 0 Å². The van der Waals surface area contributed by atoms with Crippen molar-refractivity contribution in [1.82, 2.24) is 0 Å². The highest BCUT2D eigenvalue weighted by Gasteiger charge is 2.43. The Labute approximate surface area is 211 Å². The second-order valence-corrected chi connectivity index (χ2v) is 9.69. The molecule has 1 amide bonds. The zero-order valence-corrected chi connectivity index (χ0v) is 20.1. The van der Waals surface area contributed by atoms with Crippen LogP contribution in [0.25, 0.3) is 0 Å². The molecule has 1 heterocycles. The van der Waals surface area contributed by atoms with E-state index in [0.717, 1.165) is 12.1 Å². The molecule has 37 heavy (non-hydrogen) atoms. The summed E-state index contributed by atoms with van der Waals surface area (Å²) in [7, 11) is 0. The van der Waals surface area contributed by atoms with Crippen LogP contribution in [-0.2, 0) is 20.5 Å². The molecule has 10 heteroatoms. The Hall–Kier alpha value is -4.26. The first-order chi connectivity index (χ1) is 17.4. The SMILES string of the molecule is CC1(C)CC(=O)C2=C(C1)OC(N)=C(C#N)[C@@H]2c1ccc(OCC(=O)Nc2cccc(C(F)(F)F)c2)cc1. The van der Waals surface area contributed by atoms with Gasteiger partial charge in [-0.05, 0) is 41.3 Å². The fourth-order valence-electron chi connectivity index (χ4n) is 4.49. The van der Waals surface area contributed by atoms with Gasteiger partial charge in [-0.25, -0.2) is 0 Å². The van der Waals surface area contributed by atoms with E-state index in [2.05, 4.69) is 11.4 Å². The monoisotopic (exact) mass is 511 g/mol. The van der Waals surface area contributed by atoms with Crippen molar-refractivity contribution in [3.63, 3.8) is 0 Å². The van der Waals surface area contributed by atoms with E-state index in [0.29, 0.717) is 35.5 Å². The summed E-state index contributed by atoms with van der Waals surface area (Å²) in [6.07, 6.45) is -3.71. The van der Waals surface area contributed by atoms with Gasteiger partial charge >= 0.3 is 6.18 Å². The third kappa shape index (κ3) is 5.61. The number of Topliss-reactive ketones (excluding diaryl/α,β-unsaturated/α-hetero) is 1. The number of carbonyl (C=O) groups excluding carboxylic acids is 2. The first kappa shape index (κ1) is 25.8. The molecule has 0 saturated carbocycles. The topological polar surface area (TPSA) is 114 Å². The van der Waals surface area contributed by atoms with E-state index < -0.39 is 30.2 Å². The Balaban J connectivity index is 1.48. The molecular weight excluding hydrogens is 487 g/mol. The van der Waals surface area contributed by atoms with Crippen LogP contribution in [-0.4, -0.2) is 18.3 Å². The first-order valence-corrected chi connectivity index (χ1v) is 11.4. The van der Waals surface area contributed by atoms with Gasteiger partial charge < -0.3 is 20.5 Å². The van der Waals surface area contributed by atoms with E-state index in [1.807, 2.05) is 13.8 Å². The van der Waals surface area contributed by atoms with Crippen LogP contribution in [0, 0.1) is 16.7 Å². The number of nitrogens with one attached hydrogen (secondary N) is 1. The van der Waals surface area contributed by atoms with Crippen molar-refractivity contribution in [2.24, 2.45) is 11.1 Å². The van der Waals surface area contributed by atoms with Gasteiger partial charge in [0, 0.05) is 24.1 Å². The second-order valence-electron chi connectivity index (χ2n) is 9.69. The maximum Gasteiger partial charge on any atom is 0.416 e. The number of alkyl halides is 3. The Kier molecular flexibility index (Phi) is 6.74. The number of nitrogens with two attached hydrogens (primary N) is 1. The highest BCUT2D eigenvalue weighted by atomic mass is 19.4. The summed E-state index contributed by atoms with van der Waals surface area (Å²) < 4.78 is 49.7.